The quantitative estimate of drug-likeness (QED) is 0.248. The number of allylic oxidation sites excluding steroid dienone is 3. The minimum Gasteiger partial charge on any atom is -0.477 e. The first-order valence-electron chi connectivity index (χ1n) is 7.00. The average molecular weight is 314 g/mol. The van der Waals surface area contributed by atoms with Gasteiger partial charge in [0, 0.05) is 6.42 Å². The summed E-state index contributed by atoms with van der Waals surface area (Å²) in [5, 5.41) is 9.20. The molecule has 0 heterocycles. The van der Waals surface area contributed by atoms with E-state index in [-0.39, 0.29) is 6.61 Å². The van der Waals surface area contributed by atoms with E-state index in [0.717, 1.165) is 5.56 Å². The van der Waals surface area contributed by atoms with E-state index < -0.39 is 23.2 Å². The second kappa shape index (κ2) is 7.04. The zero-order valence-electron chi connectivity index (χ0n) is 12.4. The molecule has 0 fully saturated rings. The van der Waals surface area contributed by atoms with Gasteiger partial charge in [0.2, 0.25) is 0 Å². The van der Waals surface area contributed by atoms with Crippen LogP contribution >= 0.6 is 0 Å². The summed E-state index contributed by atoms with van der Waals surface area (Å²) in [6.45, 7) is 0.00783. The van der Waals surface area contributed by atoms with Crippen LogP contribution in [0.4, 0.5) is 0 Å². The Labute approximate surface area is 133 Å². The smallest absolute Gasteiger partial charge is 0.345 e. The molecule has 120 valence electrons. The molecule has 0 saturated carbocycles. The standard InChI is InChI=1S/C17H18N2O4/c18-17(19)8-6-12(7-9-17)10-14(15(20)21)16(22)23-11-13-4-2-1-3-5-13/h1-8,10H,9,11,18-19H2,(H,20,21). The largest absolute Gasteiger partial charge is 0.477 e. The van der Waals surface area contributed by atoms with E-state index in [4.69, 9.17) is 16.2 Å². The van der Waals surface area contributed by atoms with Crippen LogP contribution in [-0.4, -0.2) is 22.7 Å². The van der Waals surface area contributed by atoms with Crippen LogP contribution < -0.4 is 11.5 Å². The number of hydrogen-bond donors (Lipinski definition) is 3. The van der Waals surface area contributed by atoms with Crippen molar-refractivity contribution in [3.05, 3.63) is 71.3 Å². The van der Waals surface area contributed by atoms with E-state index >= 15 is 0 Å². The zero-order chi connectivity index (χ0) is 16.9. The predicted octanol–water partition coefficient (Wildman–Crippen LogP) is 1.24. The molecular formula is C17H18N2O4. The summed E-state index contributed by atoms with van der Waals surface area (Å²) in [6.07, 6.45) is 6.42. The van der Waals surface area contributed by atoms with Crippen LogP contribution in [0.2, 0.25) is 0 Å². The van der Waals surface area contributed by atoms with Gasteiger partial charge in [-0.1, -0.05) is 42.5 Å². The molecule has 23 heavy (non-hydrogen) atoms. The summed E-state index contributed by atoms with van der Waals surface area (Å²) in [5.41, 5.74) is 11.4. The molecule has 0 aromatic heterocycles. The molecule has 5 N–H and O–H groups in total. The van der Waals surface area contributed by atoms with Gasteiger partial charge in [-0.05, 0) is 23.3 Å². The highest BCUT2D eigenvalue weighted by Gasteiger charge is 2.21. The molecule has 0 bridgehead atoms. The van der Waals surface area contributed by atoms with E-state index in [1.165, 1.54) is 6.08 Å². The molecule has 6 heteroatoms. The van der Waals surface area contributed by atoms with Gasteiger partial charge in [-0.15, -0.1) is 0 Å². The number of carboxylic acids is 1. The van der Waals surface area contributed by atoms with E-state index in [9.17, 15) is 14.7 Å². The Morgan fingerprint density at radius 1 is 1.26 bits per heavy atom. The lowest BCUT2D eigenvalue weighted by Gasteiger charge is -2.21. The number of carbonyl (C=O) groups excluding carboxylic acids is 1. The Balaban J connectivity index is 2.08. The molecule has 1 aromatic rings. The van der Waals surface area contributed by atoms with Gasteiger partial charge < -0.3 is 21.3 Å². The lowest BCUT2D eigenvalue weighted by Crippen LogP contribution is -2.47. The first-order valence-corrected chi connectivity index (χ1v) is 7.00. The first-order chi connectivity index (χ1) is 10.9. The molecule has 0 amide bonds. The van der Waals surface area contributed by atoms with Gasteiger partial charge in [-0.3, -0.25) is 0 Å². The predicted molar refractivity (Wildman–Crippen MR) is 84.9 cm³/mol. The topological polar surface area (TPSA) is 116 Å². The number of ether oxygens (including phenoxy) is 1. The fourth-order valence-electron chi connectivity index (χ4n) is 1.96. The van der Waals surface area contributed by atoms with Crippen molar-refractivity contribution in [3.8, 4) is 0 Å². The minimum absolute atomic E-state index is 0.00783. The third-order valence-electron chi connectivity index (χ3n) is 3.25. The summed E-state index contributed by atoms with van der Waals surface area (Å²) >= 11 is 0. The van der Waals surface area contributed by atoms with Gasteiger partial charge >= 0.3 is 11.9 Å². The fourth-order valence-corrected chi connectivity index (χ4v) is 1.96. The third-order valence-corrected chi connectivity index (χ3v) is 3.25. The maximum absolute atomic E-state index is 12.0. The number of carboxylic acid groups (broad SMARTS) is 1. The van der Waals surface area contributed by atoms with E-state index in [1.807, 2.05) is 6.07 Å². The van der Waals surface area contributed by atoms with Gasteiger partial charge in [-0.2, -0.15) is 0 Å². The number of rotatable bonds is 5. The molecule has 1 aromatic carbocycles. The molecule has 2 rings (SSSR count). The third kappa shape index (κ3) is 4.91. The molecule has 0 aliphatic heterocycles. The highest BCUT2D eigenvalue weighted by Crippen LogP contribution is 2.17. The Morgan fingerprint density at radius 3 is 2.52 bits per heavy atom. The second-order valence-electron chi connectivity index (χ2n) is 5.28. The molecular weight excluding hydrogens is 296 g/mol. The highest BCUT2D eigenvalue weighted by atomic mass is 16.5. The molecule has 0 saturated heterocycles. The maximum Gasteiger partial charge on any atom is 0.345 e. The van der Waals surface area contributed by atoms with E-state index in [2.05, 4.69) is 0 Å². The van der Waals surface area contributed by atoms with Gasteiger partial charge in [-0.25, -0.2) is 9.59 Å². The van der Waals surface area contributed by atoms with Gasteiger partial charge in [0.15, 0.2) is 0 Å². The van der Waals surface area contributed by atoms with Crippen LogP contribution in [0.5, 0.6) is 0 Å². The first kappa shape index (κ1) is 16.7. The number of hydrogen-bond acceptors (Lipinski definition) is 5. The van der Waals surface area contributed by atoms with Crippen LogP contribution in [0.25, 0.3) is 0 Å². The summed E-state index contributed by atoms with van der Waals surface area (Å²) < 4.78 is 5.05. The van der Waals surface area contributed by atoms with Crippen molar-refractivity contribution in [3.63, 3.8) is 0 Å². The lowest BCUT2D eigenvalue weighted by molar-refractivity contribution is -0.145. The van der Waals surface area contributed by atoms with Crippen LogP contribution in [0.3, 0.4) is 0 Å². The van der Waals surface area contributed by atoms with Crippen molar-refractivity contribution in [1.29, 1.82) is 0 Å². The molecule has 0 radical (unpaired) electrons. The van der Waals surface area contributed by atoms with Crippen molar-refractivity contribution in [2.45, 2.75) is 18.7 Å². The number of benzene rings is 1. The summed E-state index contributed by atoms with van der Waals surface area (Å²) in [5.74, 6) is -2.25. The Hall–Kier alpha value is -2.70. The molecule has 0 unspecified atom stereocenters. The summed E-state index contributed by atoms with van der Waals surface area (Å²) in [4.78, 5) is 23.3. The van der Waals surface area contributed by atoms with Crippen molar-refractivity contribution in [1.82, 2.24) is 0 Å². The number of esters is 1. The van der Waals surface area contributed by atoms with Crippen LogP contribution in [0.1, 0.15) is 12.0 Å². The van der Waals surface area contributed by atoms with Crippen LogP contribution in [0.15, 0.2) is 65.8 Å². The van der Waals surface area contributed by atoms with Gasteiger partial charge in [0.25, 0.3) is 0 Å². The lowest BCUT2D eigenvalue weighted by atomic mass is 9.97. The Bertz CT molecular complexity index is 688. The number of aliphatic carboxylic acids is 1. The van der Waals surface area contributed by atoms with Crippen molar-refractivity contribution >= 4 is 11.9 Å². The molecule has 0 atom stereocenters. The fraction of sp³-hybridized carbons (Fsp3) is 0.176. The van der Waals surface area contributed by atoms with Crippen molar-refractivity contribution < 1.29 is 19.4 Å². The second-order valence-corrected chi connectivity index (χ2v) is 5.28. The van der Waals surface area contributed by atoms with Gasteiger partial charge in [0.1, 0.15) is 12.2 Å². The summed E-state index contributed by atoms with van der Waals surface area (Å²) in [6, 6.07) is 9.02. The van der Waals surface area contributed by atoms with E-state index in [0.29, 0.717) is 12.0 Å². The number of carbonyl (C=O) groups is 2. The highest BCUT2D eigenvalue weighted by molar-refractivity contribution is 6.13. The van der Waals surface area contributed by atoms with Crippen molar-refractivity contribution in [2.75, 3.05) is 0 Å². The van der Waals surface area contributed by atoms with Crippen LogP contribution in [0, 0.1) is 0 Å². The Kier molecular flexibility index (Phi) is 5.10. The average Bonchev–Trinajstić information content (AvgIpc) is 2.52. The minimum atomic E-state index is -1.35. The maximum atomic E-state index is 12.0. The van der Waals surface area contributed by atoms with Gasteiger partial charge in [0.05, 0.1) is 5.66 Å². The zero-order valence-corrected chi connectivity index (χ0v) is 12.4. The monoisotopic (exact) mass is 314 g/mol. The Morgan fingerprint density at radius 2 is 1.96 bits per heavy atom. The van der Waals surface area contributed by atoms with Crippen LogP contribution in [-0.2, 0) is 20.9 Å². The SMILES string of the molecule is NC1(N)C=CC(C=C(C(=O)O)C(=O)OCc2ccccc2)=CC1. The summed E-state index contributed by atoms with van der Waals surface area (Å²) in [7, 11) is 0. The number of nitrogens with two attached hydrogens (primary N) is 2. The van der Waals surface area contributed by atoms with E-state index in [1.54, 1.807) is 42.5 Å². The molecule has 1 aliphatic rings. The normalized spacial score (nSPS) is 16.6. The molecule has 6 nitrogen and oxygen atoms in total. The van der Waals surface area contributed by atoms with Crippen molar-refractivity contribution in [2.24, 2.45) is 11.5 Å². The molecule has 0 spiro atoms. The molecule has 1 aliphatic carbocycles.